The maximum Gasteiger partial charge on any atom is 0.268 e. The van der Waals surface area contributed by atoms with Gasteiger partial charge < -0.3 is 0 Å². The van der Waals surface area contributed by atoms with Gasteiger partial charge >= 0.3 is 0 Å². The van der Waals surface area contributed by atoms with Gasteiger partial charge in [0.05, 0.1) is 23.4 Å². The molecule has 0 aliphatic rings. The van der Waals surface area contributed by atoms with E-state index in [1.807, 2.05) is 5.38 Å². The second-order valence-electron chi connectivity index (χ2n) is 3.65. The Morgan fingerprint density at radius 3 is 3.06 bits per heavy atom. The van der Waals surface area contributed by atoms with Gasteiger partial charge in [-0.15, -0.1) is 11.3 Å². The molecule has 2 rings (SSSR count). The van der Waals surface area contributed by atoms with Gasteiger partial charge in [0, 0.05) is 15.0 Å². The summed E-state index contributed by atoms with van der Waals surface area (Å²) < 4.78 is 2.29. The maximum absolute atomic E-state index is 11.6. The van der Waals surface area contributed by atoms with E-state index in [0.717, 1.165) is 27.1 Å². The summed E-state index contributed by atoms with van der Waals surface area (Å²) in [5.74, 6) is 0. The number of nitrogens with zero attached hydrogens (tertiary/aromatic N) is 3. The third kappa shape index (κ3) is 3.35. The standard InChI is InChI=1S/C11H12IN3OS/c1-2-3-10-14-9(7-17-10)6-15-11(16)4-8(12)5-13-15/h4-5,7H,2-3,6H2,1H3. The average molecular weight is 361 g/mol. The van der Waals surface area contributed by atoms with Crippen LogP contribution in [0.3, 0.4) is 0 Å². The molecular weight excluding hydrogens is 349 g/mol. The van der Waals surface area contributed by atoms with Gasteiger partial charge in [0.2, 0.25) is 0 Å². The summed E-state index contributed by atoms with van der Waals surface area (Å²) in [7, 11) is 0. The zero-order chi connectivity index (χ0) is 12.3. The number of thiazole rings is 1. The number of hydrogen-bond acceptors (Lipinski definition) is 4. The molecule has 4 nitrogen and oxygen atoms in total. The molecule has 0 amide bonds. The summed E-state index contributed by atoms with van der Waals surface area (Å²) in [6, 6.07) is 1.58. The van der Waals surface area contributed by atoms with Crippen LogP contribution in [-0.2, 0) is 13.0 Å². The zero-order valence-corrected chi connectivity index (χ0v) is 12.4. The van der Waals surface area contributed by atoms with Gasteiger partial charge in [0.25, 0.3) is 5.56 Å². The van der Waals surface area contributed by atoms with E-state index in [2.05, 4.69) is 39.6 Å². The van der Waals surface area contributed by atoms with Crippen LogP contribution in [0.1, 0.15) is 24.0 Å². The largest absolute Gasteiger partial charge is 0.268 e. The second-order valence-corrected chi connectivity index (χ2v) is 5.84. The molecule has 0 saturated heterocycles. The summed E-state index contributed by atoms with van der Waals surface area (Å²) in [6.45, 7) is 2.59. The fourth-order valence-electron chi connectivity index (χ4n) is 1.43. The first-order valence-corrected chi connectivity index (χ1v) is 7.31. The van der Waals surface area contributed by atoms with Crippen LogP contribution in [0.4, 0.5) is 0 Å². The van der Waals surface area contributed by atoms with Gasteiger partial charge in [-0.25, -0.2) is 9.67 Å². The summed E-state index contributed by atoms with van der Waals surface area (Å²) >= 11 is 3.73. The molecule has 0 aromatic carbocycles. The van der Waals surface area contributed by atoms with E-state index < -0.39 is 0 Å². The van der Waals surface area contributed by atoms with Crippen molar-refractivity contribution in [3.8, 4) is 0 Å². The van der Waals surface area contributed by atoms with Crippen LogP contribution in [0.15, 0.2) is 22.4 Å². The first-order valence-electron chi connectivity index (χ1n) is 5.35. The van der Waals surface area contributed by atoms with Gasteiger partial charge in [0.1, 0.15) is 0 Å². The van der Waals surface area contributed by atoms with Crippen LogP contribution >= 0.6 is 33.9 Å². The summed E-state index contributed by atoms with van der Waals surface area (Å²) in [5.41, 5.74) is 0.830. The molecular formula is C11H12IN3OS. The minimum atomic E-state index is -0.0815. The van der Waals surface area contributed by atoms with Crippen LogP contribution in [0.5, 0.6) is 0 Å². The Kier molecular flexibility index (Phi) is 4.27. The molecule has 0 aliphatic heterocycles. The Morgan fingerprint density at radius 2 is 2.35 bits per heavy atom. The Morgan fingerprint density at radius 1 is 1.53 bits per heavy atom. The molecule has 2 heterocycles. The van der Waals surface area contributed by atoms with Crippen molar-refractivity contribution >= 4 is 33.9 Å². The molecule has 2 aromatic heterocycles. The molecule has 0 aliphatic carbocycles. The first kappa shape index (κ1) is 12.7. The van der Waals surface area contributed by atoms with E-state index in [4.69, 9.17) is 0 Å². The molecule has 0 saturated carbocycles. The summed E-state index contributed by atoms with van der Waals surface area (Å²) in [6.07, 6.45) is 3.77. The van der Waals surface area contributed by atoms with Crippen LogP contribution < -0.4 is 5.56 Å². The molecule has 0 fully saturated rings. The van der Waals surface area contributed by atoms with Gasteiger partial charge in [-0.3, -0.25) is 4.79 Å². The monoisotopic (exact) mass is 361 g/mol. The highest BCUT2D eigenvalue weighted by Gasteiger charge is 2.04. The smallest absolute Gasteiger partial charge is 0.268 e. The fourth-order valence-corrected chi connectivity index (χ4v) is 2.72. The van der Waals surface area contributed by atoms with Crippen molar-refractivity contribution in [3.05, 3.63) is 42.3 Å². The minimum Gasteiger partial charge on any atom is -0.268 e. The van der Waals surface area contributed by atoms with Gasteiger partial charge in [-0.05, 0) is 35.4 Å². The maximum atomic E-state index is 11.6. The lowest BCUT2D eigenvalue weighted by atomic mass is 10.3. The lowest BCUT2D eigenvalue weighted by Gasteiger charge is -2.00. The van der Waals surface area contributed by atoms with Crippen LogP contribution in [0.2, 0.25) is 0 Å². The Hall–Kier alpha value is -0.760. The highest BCUT2D eigenvalue weighted by Crippen LogP contribution is 2.12. The van der Waals surface area contributed by atoms with Crippen molar-refractivity contribution in [1.29, 1.82) is 0 Å². The highest BCUT2D eigenvalue weighted by atomic mass is 127. The van der Waals surface area contributed by atoms with E-state index in [-0.39, 0.29) is 5.56 Å². The number of halogens is 1. The van der Waals surface area contributed by atoms with E-state index in [1.165, 1.54) is 4.68 Å². The van der Waals surface area contributed by atoms with E-state index in [9.17, 15) is 4.79 Å². The van der Waals surface area contributed by atoms with Gasteiger partial charge in [-0.1, -0.05) is 6.92 Å². The molecule has 0 bridgehead atoms. The van der Waals surface area contributed by atoms with E-state index in [0.29, 0.717) is 6.54 Å². The molecule has 6 heteroatoms. The van der Waals surface area contributed by atoms with Gasteiger partial charge in [-0.2, -0.15) is 5.10 Å². The van der Waals surface area contributed by atoms with Crippen LogP contribution in [0, 0.1) is 3.57 Å². The average Bonchev–Trinajstić information content (AvgIpc) is 2.71. The lowest BCUT2D eigenvalue weighted by Crippen LogP contribution is -2.22. The topological polar surface area (TPSA) is 47.8 Å². The third-order valence-corrected chi connectivity index (χ3v) is 3.76. The molecule has 17 heavy (non-hydrogen) atoms. The summed E-state index contributed by atoms with van der Waals surface area (Å²) in [4.78, 5) is 16.1. The number of aryl methyl sites for hydroxylation is 1. The Balaban J connectivity index is 2.16. The van der Waals surface area contributed by atoms with Crippen molar-refractivity contribution in [2.45, 2.75) is 26.3 Å². The van der Waals surface area contributed by atoms with Crippen molar-refractivity contribution < 1.29 is 0 Å². The normalized spacial score (nSPS) is 10.7. The minimum absolute atomic E-state index is 0.0815. The molecule has 0 radical (unpaired) electrons. The Bertz CT molecular complexity index is 564. The zero-order valence-electron chi connectivity index (χ0n) is 9.39. The first-order chi connectivity index (χ1) is 8.19. The van der Waals surface area contributed by atoms with Crippen molar-refractivity contribution in [3.63, 3.8) is 0 Å². The molecule has 0 atom stereocenters. The Labute approximate surface area is 117 Å². The predicted molar refractivity (Wildman–Crippen MR) is 76.4 cm³/mol. The van der Waals surface area contributed by atoms with Crippen molar-refractivity contribution in [2.75, 3.05) is 0 Å². The third-order valence-electron chi connectivity index (χ3n) is 2.21. The lowest BCUT2D eigenvalue weighted by molar-refractivity contribution is 0.626. The highest BCUT2D eigenvalue weighted by molar-refractivity contribution is 14.1. The SMILES string of the molecule is CCCc1nc(Cn2ncc(I)cc2=O)cs1. The van der Waals surface area contributed by atoms with E-state index in [1.54, 1.807) is 23.6 Å². The molecule has 90 valence electrons. The number of hydrogen-bond donors (Lipinski definition) is 0. The number of rotatable bonds is 4. The van der Waals surface area contributed by atoms with Crippen molar-refractivity contribution in [1.82, 2.24) is 14.8 Å². The molecule has 2 aromatic rings. The van der Waals surface area contributed by atoms with Gasteiger partial charge in [0.15, 0.2) is 0 Å². The predicted octanol–water partition coefficient (Wildman–Crippen LogP) is 2.31. The summed E-state index contributed by atoms with van der Waals surface area (Å²) in [5, 5.41) is 7.21. The van der Waals surface area contributed by atoms with Crippen LogP contribution in [0.25, 0.3) is 0 Å². The molecule has 0 N–H and O–H groups in total. The molecule has 0 spiro atoms. The van der Waals surface area contributed by atoms with Crippen LogP contribution in [-0.4, -0.2) is 14.8 Å². The number of aromatic nitrogens is 3. The van der Waals surface area contributed by atoms with Crippen molar-refractivity contribution in [2.24, 2.45) is 0 Å². The molecule has 0 unspecified atom stereocenters. The van der Waals surface area contributed by atoms with E-state index >= 15 is 0 Å². The second kappa shape index (κ2) is 5.72. The quantitative estimate of drug-likeness (QED) is 0.786. The fraction of sp³-hybridized carbons (Fsp3) is 0.364.